The summed E-state index contributed by atoms with van der Waals surface area (Å²) in [7, 11) is 2.43. The number of carbonyl (C=O) groups is 1. The van der Waals surface area contributed by atoms with E-state index in [9.17, 15) is 14.3 Å². The van der Waals surface area contributed by atoms with Gasteiger partial charge in [-0.3, -0.25) is 4.79 Å². The molecule has 5 nitrogen and oxygen atoms in total. The predicted molar refractivity (Wildman–Crippen MR) is 87.3 cm³/mol. The molecule has 2 aromatic heterocycles. The lowest BCUT2D eigenvalue weighted by molar-refractivity contribution is 0.103. The van der Waals surface area contributed by atoms with E-state index in [1.54, 1.807) is 28.9 Å². The summed E-state index contributed by atoms with van der Waals surface area (Å²) in [6, 6.07) is 3.47. The van der Waals surface area contributed by atoms with Crippen molar-refractivity contribution in [1.82, 2.24) is 9.32 Å². The van der Waals surface area contributed by atoms with E-state index in [0.717, 1.165) is 6.08 Å². The molecule has 0 saturated heterocycles. The molecule has 0 amide bonds. The average Bonchev–Trinajstić information content (AvgIpc) is 2.88. The van der Waals surface area contributed by atoms with Crippen LogP contribution in [0, 0.1) is 0 Å². The van der Waals surface area contributed by atoms with Crippen LogP contribution in [0.5, 0.6) is 0 Å². The van der Waals surface area contributed by atoms with Crippen molar-refractivity contribution in [3.63, 3.8) is 0 Å². The minimum atomic E-state index is -0.837. The van der Waals surface area contributed by atoms with Crippen LogP contribution in [-0.4, -0.2) is 26.9 Å². The fourth-order valence-corrected chi connectivity index (χ4v) is 2.23. The molecule has 7 heteroatoms. The molecule has 22 heavy (non-hydrogen) atoms. The van der Waals surface area contributed by atoms with Gasteiger partial charge in [0.2, 0.25) is 0 Å². The second-order valence-electron chi connectivity index (χ2n) is 4.56. The van der Waals surface area contributed by atoms with Crippen LogP contribution in [-0.2, 0) is 0 Å². The molecule has 0 aromatic carbocycles. The topological polar surface area (TPSA) is 81.1 Å². The van der Waals surface area contributed by atoms with Crippen LogP contribution in [0.15, 0.2) is 60.3 Å². The lowest BCUT2D eigenvalue weighted by atomic mass is 10.0. The maximum Gasteiger partial charge on any atom is 0.198 e. The van der Waals surface area contributed by atoms with E-state index in [2.05, 4.69) is 21.0 Å². The van der Waals surface area contributed by atoms with Gasteiger partial charge in [-0.2, -0.15) is 0 Å². The maximum absolute atomic E-state index is 12.5. The van der Waals surface area contributed by atoms with E-state index in [4.69, 9.17) is 5.73 Å². The van der Waals surface area contributed by atoms with Gasteiger partial charge in [0.25, 0.3) is 0 Å². The molecule has 2 heterocycles. The number of nitrogens with zero attached hydrogens (tertiary/aromatic N) is 2. The van der Waals surface area contributed by atoms with E-state index in [0.29, 0.717) is 16.6 Å². The van der Waals surface area contributed by atoms with Crippen LogP contribution < -0.4 is 5.73 Å². The van der Waals surface area contributed by atoms with E-state index in [1.165, 1.54) is 6.08 Å². The highest BCUT2D eigenvalue weighted by Crippen LogP contribution is 2.24. The highest BCUT2D eigenvalue weighted by Gasteiger charge is 2.19. The smallest absolute Gasteiger partial charge is 0.198 e. The molecule has 114 valence electrons. The number of halogens is 1. The quantitative estimate of drug-likeness (QED) is 0.292. The Morgan fingerprint density at radius 2 is 2.27 bits per heavy atom. The van der Waals surface area contributed by atoms with Crippen LogP contribution in [0.25, 0.3) is 11.0 Å². The number of ketones is 1. The molecule has 2 aromatic rings. The maximum atomic E-state index is 12.5. The second-order valence-corrected chi connectivity index (χ2v) is 5.12. The Kier molecular flexibility index (Phi) is 4.73. The summed E-state index contributed by atoms with van der Waals surface area (Å²) in [5.74, 6) is -0.810. The Labute approximate surface area is 128 Å². The van der Waals surface area contributed by atoms with Gasteiger partial charge in [-0.15, -0.1) is 0 Å². The number of aliphatic hydroxyl groups excluding tert-OH is 1. The molecule has 0 saturated carbocycles. The summed E-state index contributed by atoms with van der Waals surface area (Å²) in [4.78, 5) is 16.6. The summed E-state index contributed by atoms with van der Waals surface area (Å²) in [6.07, 6.45) is 5.55. The Hall–Kier alpha value is -2.46. The molecule has 3 N–H and O–H groups in total. The summed E-state index contributed by atoms with van der Waals surface area (Å²) in [6.45, 7) is 2.75. The molecule has 0 fully saturated rings. The Balaban J connectivity index is 2.36. The van der Waals surface area contributed by atoms with Crippen LogP contribution in [0.1, 0.15) is 10.4 Å². The molecule has 1 atom stereocenters. The molecule has 0 aliphatic carbocycles. The van der Waals surface area contributed by atoms with Crippen molar-refractivity contribution in [2.75, 3.05) is 6.67 Å². The van der Waals surface area contributed by atoms with Crippen molar-refractivity contribution in [3.8, 4) is 0 Å². The third-order valence-electron chi connectivity index (χ3n) is 3.03. The summed E-state index contributed by atoms with van der Waals surface area (Å²) < 4.78 is 13.9. The monoisotopic (exact) mass is 319 g/mol. The van der Waals surface area contributed by atoms with Gasteiger partial charge >= 0.3 is 0 Å². The van der Waals surface area contributed by atoms with Gasteiger partial charge in [0, 0.05) is 23.5 Å². The number of hydrogen-bond donors (Lipinski definition) is 2. The minimum absolute atomic E-state index is 0.0578. The first kappa shape index (κ1) is 15.9. The zero-order chi connectivity index (χ0) is 16.3. The Morgan fingerprint density at radius 1 is 1.55 bits per heavy atom. The number of carbonyl (C=O) groups excluding carboxylic acids is 1. The molecular weight excluding hydrogens is 304 g/mol. The molecule has 0 bridgehead atoms. The molecule has 2 rings (SSSR count). The Morgan fingerprint density at radius 3 is 2.95 bits per heavy atom. The number of alkyl halides is 1. The van der Waals surface area contributed by atoms with Gasteiger partial charge in [0.05, 0.1) is 11.1 Å². The fraction of sp³-hybridized carbons (Fsp3) is 0.0667. The van der Waals surface area contributed by atoms with E-state index in [-0.39, 0.29) is 17.0 Å². The normalized spacial score (nSPS) is 12.6. The summed E-state index contributed by atoms with van der Waals surface area (Å²) >= 11 is 0. The SMILES string of the molecule is C=C(C(=O)c1cn(P)c2ncccc12)/C(O)=C\C=C(\N)CF. The van der Waals surface area contributed by atoms with Gasteiger partial charge in [-0.05, 0) is 33.7 Å². The van der Waals surface area contributed by atoms with Crippen LogP contribution in [0.2, 0.25) is 0 Å². The highest BCUT2D eigenvalue weighted by atomic mass is 31.0. The predicted octanol–water partition coefficient (Wildman–Crippen LogP) is 2.67. The minimum Gasteiger partial charge on any atom is -0.507 e. The lowest BCUT2D eigenvalue weighted by Crippen LogP contribution is -2.04. The van der Waals surface area contributed by atoms with Gasteiger partial charge < -0.3 is 15.2 Å². The third kappa shape index (κ3) is 3.07. The number of nitrogens with two attached hydrogens (primary N) is 1. The van der Waals surface area contributed by atoms with Crippen molar-refractivity contribution in [2.24, 2.45) is 5.73 Å². The van der Waals surface area contributed by atoms with Crippen LogP contribution in [0.3, 0.4) is 0 Å². The molecule has 0 aliphatic heterocycles. The number of fused-ring (bicyclic) bond motifs is 1. The van der Waals surface area contributed by atoms with Gasteiger partial charge in [0.1, 0.15) is 18.1 Å². The standard InChI is InChI=1S/C15H15FN3O2P/c1-9(13(20)5-4-10(17)7-16)14(21)12-8-19(22)15-11(12)3-2-6-18-15/h2-6,8,20H,1,7,17,22H2/b10-4+,13-5+. The first-order valence-corrected chi connectivity index (χ1v) is 6.83. The largest absolute Gasteiger partial charge is 0.507 e. The van der Waals surface area contributed by atoms with Crippen molar-refractivity contribution in [2.45, 2.75) is 0 Å². The Bertz CT molecular complexity index is 808. The zero-order valence-corrected chi connectivity index (χ0v) is 12.8. The third-order valence-corrected chi connectivity index (χ3v) is 3.42. The van der Waals surface area contributed by atoms with E-state index < -0.39 is 12.5 Å². The molecule has 0 aliphatic rings. The first-order valence-electron chi connectivity index (χ1n) is 6.32. The summed E-state index contributed by atoms with van der Waals surface area (Å²) in [5, 5.41) is 10.5. The summed E-state index contributed by atoms with van der Waals surface area (Å²) in [5.41, 5.74) is 6.11. The number of aromatic nitrogens is 2. The average molecular weight is 319 g/mol. The first-order chi connectivity index (χ1) is 10.5. The molecule has 0 spiro atoms. The second kappa shape index (κ2) is 6.54. The number of pyridine rings is 1. The van der Waals surface area contributed by atoms with E-state index >= 15 is 0 Å². The van der Waals surface area contributed by atoms with Gasteiger partial charge in [-0.25, -0.2) is 9.37 Å². The van der Waals surface area contributed by atoms with E-state index in [1.807, 2.05) is 0 Å². The number of hydrogen-bond acceptors (Lipinski definition) is 4. The number of aliphatic hydroxyl groups is 1. The number of rotatable bonds is 5. The fourth-order valence-electron chi connectivity index (χ4n) is 1.87. The molecular formula is C15H15FN3O2P. The molecule has 1 unspecified atom stereocenters. The van der Waals surface area contributed by atoms with Gasteiger partial charge in [-0.1, -0.05) is 6.58 Å². The van der Waals surface area contributed by atoms with Crippen molar-refractivity contribution < 1.29 is 14.3 Å². The zero-order valence-electron chi connectivity index (χ0n) is 11.7. The number of allylic oxidation sites excluding steroid dienone is 4. The van der Waals surface area contributed by atoms with Gasteiger partial charge in [0.15, 0.2) is 5.78 Å². The van der Waals surface area contributed by atoms with Crippen LogP contribution in [0.4, 0.5) is 4.39 Å². The molecule has 0 radical (unpaired) electrons. The van der Waals surface area contributed by atoms with Crippen LogP contribution >= 0.6 is 9.39 Å². The van der Waals surface area contributed by atoms with Crippen molar-refractivity contribution >= 4 is 26.2 Å². The lowest BCUT2D eigenvalue weighted by Gasteiger charge is -2.02. The highest BCUT2D eigenvalue weighted by molar-refractivity contribution is 7.14. The van der Waals surface area contributed by atoms with Crippen molar-refractivity contribution in [3.05, 3.63) is 65.9 Å². The van der Waals surface area contributed by atoms with Crippen molar-refractivity contribution in [1.29, 1.82) is 0 Å². The number of Topliss-reactive ketones (excluding diaryl/α,β-unsaturated/α-hetero) is 1.